The quantitative estimate of drug-likeness (QED) is 0.750. The van der Waals surface area contributed by atoms with Crippen LogP contribution in [0.3, 0.4) is 0 Å². The Bertz CT molecular complexity index is 619. The first-order chi connectivity index (χ1) is 9.65. The first kappa shape index (κ1) is 13.3. The number of para-hydroxylation sites is 1. The van der Waals surface area contributed by atoms with Gasteiger partial charge in [0.05, 0.1) is 5.52 Å². The number of pyridine rings is 1. The number of fused-ring (bicyclic) bond motifs is 1. The predicted molar refractivity (Wildman–Crippen MR) is 81.7 cm³/mol. The highest BCUT2D eigenvalue weighted by Gasteiger charge is 2.30. The lowest BCUT2D eigenvalue weighted by atomic mass is 9.74. The van der Waals surface area contributed by atoms with E-state index in [1.165, 1.54) is 6.42 Å². The van der Waals surface area contributed by atoms with Crippen LogP contribution in [0, 0.1) is 17.8 Å². The highest BCUT2D eigenvalue weighted by Crippen LogP contribution is 2.35. The van der Waals surface area contributed by atoms with Gasteiger partial charge in [-0.3, -0.25) is 9.78 Å². The van der Waals surface area contributed by atoms with Crippen LogP contribution in [-0.2, 0) is 0 Å². The molecule has 0 spiro atoms. The van der Waals surface area contributed by atoms with Gasteiger partial charge >= 0.3 is 0 Å². The summed E-state index contributed by atoms with van der Waals surface area (Å²) in [5.41, 5.74) is 1.76. The molecule has 2 nitrogen and oxygen atoms in total. The Morgan fingerprint density at radius 1 is 1.05 bits per heavy atom. The van der Waals surface area contributed by atoms with E-state index in [0.717, 1.165) is 29.3 Å². The van der Waals surface area contributed by atoms with E-state index in [1.54, 1.807) is 6.20 Å². The Labute approximate surface area is 120 Å². The van der Waals surface area contributed by atoms with Gasteiger partial charge in [-0.15, -0.1) is 0 Å². The Kier molecular flexibility index (Phi) is 3.56. The second-order valence-corrected chi connectivity index (χ2v) is 6.35. The first-order valence-electron chi connectivity index (χ1n) is 7.53. The normalized spacial score (nSPS) is 26.6. The summed E-state index contributed by atoms with van der Waals surface area (Å²) in [4.78, 5) is 17.2. The van der Waals surface area contributed by atoms with Crippen LogP contribution >= 0.6 is 0 Å². The highest BCUT2D eigenvalue weighted by molar-refractivity contribution is 6.08. The molecule has 1 fully saturated rings. The standard InChI is InChI=1S/C18H21NO/c1-12-9-13(2)11-14(10-12)18(20)16-7-8-19-17-6-4-3-5-15(16)17/h3-8,12-14H,9-11H2,1-2H3. The fourth-order valence-corrected chi connectivity index (χ4v) is 3.69. The van der Waals surface area contributed by atoms with Gasteiger partial charge in [0.25, 0.3) is 0 Å². The van der Waals surface area contributed by atoms with Crippen molar-refractivity contribution >= 4 is 16.7 Å². The number of hydrogen-bond acceptors (Lipinski definition) is 2. The van der Waals surface area contributed by atoms with Crippen LogP contribution in [0.25, 0.3) is 10.9 Å². The molecule has 1 heterocycles. The third kappa shape index (κ3) is 2.47. The third-order valence-corrected chi connectivity index (χ3v) is 4.46. The van der Waals surface area contributed by atoms with Gasteiger partial charge in [0.1, 0.15) is 0 Å². The molecule has 0 amide bonds. The van der Waals surface area contributed by atoms with Gasteiger partial charge in [-0.1, -0.05) is 32.0 Å². The van der Waals surface area contributed by atoms with Crippen molar-refractivity contribution in [2.24, 2.45) is 17.8 Å². The number of benzene rings is 1. The van der Waals surface area contributed by atoms with Gasteiger partial charge in [-0.25, -0.2) is 0 Å². The second kappa shape index (κ2) is 5.35. The summed E-state index contributed by atoms with van der Waals surface area (Å²) in [6.07, 6.45) is 5.06. The fourth-order valence-electron chi connectivity index (χ4n) is 3.69. The molecule has 1 aliphatic carbocycles. The number of ketones is 1. The molecule has 0 N–H and O–H groups in total. The maximum absolute atomic E-state index is 12.9. The number of carbonyl (C=O) groups is 1. The molecule has 3 rings (SSSR count). The molecule has 1 aromatic heterocycles. The first-order valence-corrected chi connectivity index (χ1v) is 7.53. The summed E-state index contributed by atoms with van der Waals surface area (Å²) in [6.45, 7) is 4.53. The summed E-state index contributed by atoms with van der Waals surface area (Å²) in [5, 5.41) is 0.992. The minimum atomic E-state index is 0.180. The summed E-state index contributed by atoms with van der Waals surface area (Å²) in [5.74, 6) is 1.79. The molecule has 1 aromatic carbocycles. The smallest absolute Gasteiger partial charge is 0.166 e. The Morgan fingerprint density at radius 2 is 1.75 bits per heavy atom. The van der Waals surface area contributed by atoms with Crippen molar-refractivity contribution < 1.29 is 4.79 Å². The molecule has 2 heteroatoms. The van der Waals surface area contributed by atoms with Gasteiger partial charge < -0.3 is 0 Å². The van der Waals surface area contributed by atoms with E-state index in [-0.39, 0.29) is 5.92 Å². The molecule has 0 aliphatic heterocycles. The summed E-state index contributed by atoms with van der Waals surface area (Å²) < 4.78 is 0. The fraction of sp³-hybridized carbons (Fsp3) is 0.444. The van der Waals surface area contributed by atoms with E-state index in [9.17, 15) is 4.79 Å². The maximum Gasteiger partial charge on any atom is 0.166 e. The lowest BCUT2D eigenvalue weighted by molar-refractivity contribution is 0.0838. The topological polar surface area (TPSA) is 30.0 Å². The molecule has 2 unspecified atom stereocenters. The average molecular weight is 267 g/mol. The molecule has 1 saturated carbocycles. The van der Waals surface area contributed by atoms with E-state index >= 15 is 0 Å². The molecule has 20 heavy (non-hydrogen) atoms. The molecule has 0 saturated heterocycles. The Balaban J connectivity index is 1.96. The minimum Gasteiger partial charge on any atom is -0.294 e. The molecule has 104 valence electrons. The minimum absolute atomic E-state index is 0.180. The van der Waals surface area contributed by atoms with Crippen molar-refractivity contribution in [3.63, 3.8) is 0 Å². The Morgan fingerprint density at radius 3 is 2.50 bits per heavy atom. The van der Waals surface area contributed by atoms with Gasteiger partial charge in [-0.05, 0) is 43.2 Å². The zero-order valence-corrected chi connectivity index (χ0v) is 12.2. The monoisotopic (exact) mass is 267 g/mol. The van der Waals surface area contributed by atoms with Gasteiger partial charge in [0, 0.05) is 23.1 Å². The molecule has 0 bridgehead atoms. The van der Waals surface area contributed by atoms with E-state index < -0.39 is 0 Å². The zero-order chi connectivity index (χ0) is 14.1. The van der Waals surface area contributed by atoms with Crippen LogP contribution in [0.1, 0.15) is 43.5 Å². The number of carbonyl (C=O) groups excluding carboxylic acids is 1. The largest absolute Gasteiger partial charge is 0.294 e. The van der Waals surface area contributed by atoms with Crippen LogP contribution in [0.15, 0.2) is 36.5 Å². The van der Waals surface area contributed by atoms with E-state index in [1.807, 2.05) is 30.3 Å². The average Bonchev–Trinajstić information content (AvgIpc) is 2.45. The number of aromatic nitrogens is 1. The van der Waals surface area contributed by atoms with Gasteiger partial charge in [-0.2, -0.15) is 0 Å². The number of Topliss-reactive ketones (excluding diaryl/α,β-unsaturated/α-hetero) is 1. The summed E-state index contributed by atoms with van der Waals surface area (Å²) in [7, 11) is 0. The number of rotatable bonds is 2. The van der Waals surface area contributed by atoms with Crippen LogP contribution in [0.4, 0.5) is 0 Å². The van der Waals surface area contributed by atoms with Gasteiger partial charge in [0.15, 0.2) is 5.78 Å². The third-order valence-electron chi connectivity index (χ3n) is 4.46. The lowest BCUT2D eigenvalue weighted by Gasteiger charge is -2.30. The summed E-state index contributed by atoms with van der Waals surface area (Å²) >= 11 is 0. The van der Waals surface area contributed by atoms with Crippen molar-refractivity contribution in [2.45, 2.75) is 33.1 Å². The zero-order valence-electron chi connectivity index (χ0n) is 12.2. The van der Waals surface area contributed by atoms with Gasteiger partial charge in [0.2, 0.25) is 0 Å². The number of hydrogen-bond donors (Lipinski definition) is 0. The predicted octanol–water partition coefficient (Wildman–Crippen LogP) is 4.49. The molecular weight excluding hydrogens is 246 g/mol. The van der Waals surface area contributed by atoms with Crippen molar-refractivity contribution in [2.75, 3.05) is 0 Å². The SMILES string of the molecule is CC1CC(C)CC(C(=O)c2ccnc3ccccc23)C1. The lowest BCUT2D eigenvalue weighted by Crippen LogP contribution is -2.26. The van der Waals surface area contributed by atoms with E-state index in [0.29, 0.717) is 17.6 Å². The van der Waals surface area contributed by atoms with Crippen LogP contribution < -0.4 is 0 Å². The molecule has 0 radical (unpaired) electrons. The molecule has 1 aliphatic rings. The summed E-state index contributed by atoms with van der Waals surface area (Å²) in [6, 6.07) is 9.80. The van der Waals surface area contributed by atoms with E-state index in [4.69, 9.17) is 0 Å². The number of nitrogens with zero attached hydrogens (tertiary/aromatic N) is 1. The van der Waals surface area contributed by atoms with E-state index in [2.05, 4.69) is 18.8 Å². The van der Waals surface area contributed by atoms with Crippen molar-refractivity contribution in [1.29, 1.82) is 0 Å². The molecule has 2 atom stereocenters. The van der Waals surface area contributed by atoms with Crippen molar-refractivity contribution in [3.05, 3.63) is 42.1 Å². The molecular formula is C18H21NO. The Hall–Kier alpha value is -1.70. The van der Waals surface area contributed by atoms with Crippen LogP contribution in [0.5, 0.6) is 0 Å². The maximum atomic E-state index is 12.9. The second-order valence-electron chi connectivity index (χ2n) is 6.35. The van der Waals surface area contributed by atoms with Crippen molar-refractivity contribution in [3.8, 4) is 0 Å². The highest BCUT2D eigenvalue weighted by atomic mass is 16.1. The molecule has 2 aromatic rings. The van der Waals surface area contributed by atoms with Crippen LogP contribution in [-0.4, -0.2) is 10.8 Å². The van der Waals surface area contributed by atoms with Crippen molar-refractivity contribution in [1.82, 2.24) is 4.98 Å². The van der Waals surface area contributed by atoms with Crippen LogP contribution in [0.2, 0.25) is 0 Å².